The van der Waals surface area contributed by atoms with E-state index in [4.69, 9.17) is 9.15 Å². The second-order valence-corrected chi connectivity index (χ2v) is 6.57. The van der Waals surface area contributed by atoms with E-state index in [1.54, 1.807) is 18.4 Å². The number of rotatable bonds is 3. The number of aliphatic hydroxyl groups is 1. The number of esters is 1. The number of carbonyl (C=O) groups is 1. The van der Waals surface area contributed by atoms with Crippen LogP contribution in [0.5, 0.6) is 0 Å². The van der Waals surface area contributed by atoms with Gasteiger partial charge in [0.25, 0.3) is 0 Å². The lowest BCUT2D eigenvalue weighted by Crippen LogP contribution is -2.25. The minimum Gasteiger partial charge on any atom is -0.465 e. The van der Waals surface area contributed by atoms with Crippen LogP contribution in [0.2, 0.25) is 0 Å². The van der Waals surface area contributed by atoms with Crippen molar-refractivity contribution in [1.29, 1.82) is 0 Å². The fourth-order valence-corrected chi connectivity index (χ4v) is 3.75. The molecule has 1 heterocycles. The van der Waals surface area contributed by atoms with Crippen molar-refractivity contribution in [3.63, 3.8) is 0 Å². The molecule has 0 bridgehead atoms. The van der Waals surface area contributed by atoms with E-state index in [1.807, 2.05) is 42.5 Å². The number of aliphatic hydroxyl groups excluding tert-OH is 1. The summed E-state index contributed by atoms with van der Waals surface area (Å²) in [5.41, 5.74) is 4.64. The third-order valence-electron chi connectivity index (χ3n) is 5.04. The fraction of sp³-hybridized carbons (Fsp3) is 0.227. The molecule has 0 unspecified atom stereocenters. The average molecular weight is 348 g/mol. The molecule has 132 valence electrons. The van der Waals surface area contributed by atoms with E-state index in [-0.39, 0.29) is 11.9 Å². The van der Waals surface area contributed by atoms with Gasteiger partial charge in [-0.2, -0.15) is 0 Å². The minimum atomic E-state index is -0.494. The zero-order valence-electron chi connectivity index (χ0n) is 14.5. The molecule has 26 heavy (non-hydrogen) atoms. The van der Waals surface area contributed by atoms with Gasteiger partial charge in [-0.15, -0.1) is 0 Å². The SMILES string of the molecule is COC(=O)c1ccc([C@@H]2c3c(coc3-c3ccccc3)CC[C@@H]2O)cc1. The molecule has 2 atom stereocenters. The highest BCUT2D eigenvalue weighted by molar-refractivity contribution is 5.89. The lowest BCUT2D eigenvalue weighted by atomic mass is 9.77. The van der Waals surface area contributed by atoms with E-state index in [0.29, 0.717) is 12.0 Å². The molecular weight excluding hydrogens is 328 g/mol. The number of fused-ring (bicyclic) bond motifs is 1. The van der Waals surface area contributed by atoms with Gasteiger partial charge in [0.2, 0.25) is 0 Å². The van der Waals surface area contributed by atoms with Crippen molar-refractivity contribution in [2.45, 2.75) is 24.9 Å². The average Bonchev–Trinajstić information content (AvgIpc) is 3.12. The molecule has 0 fully saturated rings. The number of benzene rings is 2. The quantitative estimate of drug-likeness (QED) is 0.722. The molecule has 0 saturated heterocycles. The van der Waals surface area contributed by atoms with Crippen molar-refractivity contribution < 1.29 is 19.1 Å². The zero-order chi connectivity index (χ0) is 18.1. The Bertz CT molecular complexity index is 909. The summed E-state index contributed by atoms with van der Waals surface area (Å²) in [5, 5.41) is 10.8. The first kappa shape index (κ1) is 16.6. The van der Waals surface area contributed by atoms with E-state index in [1.165, 1.54) is 7.11 Å². The zero-order valence-corrected chi connectivity index (χ0v) is 14.5. The Labute approximate surface area is 152 Å². The molecule has 4 heteroatoms. The number of aryl methyl sites for hydroxylation is 1. The third kappa shape index (κ3) is 2.82. The second kappa shape index (κ2) is 6.81. The van der Waals surface area contributed by atoms with Gasteiger partial charge in [-0.1, -0.05) is 42.5 Å². The van der Waals surface area contributed by atoms with Crippen LogP contribution in [0.25, 0.3) is 11.3 Å². The van der Waals surface area contributed by atoms with Gasteiger partial charge in [0.05, 0.1) is 25.0 Å². The number of hydrogen-bond donors (Lipinski definition) is 1. The molecule has 0 amide bonds. The maximum absolute atomic E-state index is 11.7. The predicted molar refractivity (Wildman–Crippen MR) is 98.1 cm³/mol. The topological polar surface area (TPSA) is 59.7 Å². The Morgan fingerprint density at radius 3 is 2.54 bits per heavy atom. The Kier molecular flexibility index (Phi) is 4.35. The van der Waals surface area contributed by atoms with Crippen LogP contribution in [0.1, 0.15) is 39.4 Å². The van der Waals surface area contributed by atoms with Gasteiger partial charge in [-0.25, -0.2) is 4.79 Å². The van der Waals surface area contributed by atoms with Gasteiger partial charge in [0.15, 0.2) is 0 Å². The summed E-state index contributed by atoms with van der Waals surface area (Å²) in [7, 11) is 1.37. The van der Waals surface area contributed by atoms with Crippen LogP contribution in [0.4, 0.5) is 0 Å². The summed E-state index contributed by atoms with van der Waals surface area (Å²) in [6.07, 6.45) is 2.79. The Morgan fingerprint density at radius 1 is 1.12 bits per heavy atom. The molecule has 0 saturated carbocycles. The number of carbonyl (C=O) groups excluding carboxylic acids is 1. The van der Waals surface area contributed by atoms with Crippen LogP contribution in [0.15, 0.2) is 65.3 Å². The molecule has 0 aliphatic heterocycles. The molecule has 4 rings (SSSR count). The van der Waals surface area contributed by atoms with Crippen molar-refractivity contribution in [2.75, 3.05) is 7.11 Å². The maximum atomic E-state index is 11.7. The van der Waals surface area contributed by atoms with Crippen LogP contribution >= 0.6 is 0 Å². The molecule has 1 aliphatic rings. The molecule has 0 spiro atoms. The Hall–Kier alpha value is -2.85. The van der Waals surface area contributed by atoms with Crippen molar-refractivity contribution in [2.24, 2.45) is 0 Å². The Balaban J connectivity index is 1.79. The standard InChI is InChI=1S/C22H20O4/c1-25-22(24)16-9-7-14(8-10-16)19-18(23)12-11-17-13-26-21(20(17)19)15-5-3-2-4-6-15/h2-10,13,18-19,23H,11-12H2,1H3/t18-,19-/m0/s1. The molecule has 3 aromatic rings. The monoisotopic (exact) mass is 348 g/mol. The highest BCUT2D eigenvalue weighted by Crippen LogP contribution is 2.43. The maximum Gasteiger partial charge on any atom is 0.337 e. The van der Waals surface area contributed by atoms with E-state index in [9.17, 15) is 9.90 Å². The van der Waals surface area contributed by atoms with Crippen LogP contribution < -0.4 is 0 Å². The van der Waals surface area contributed by atoms with Crippen LogP contribution in [0.3, 0.4) is 0 Å². The van der Waals surface area contributed by atoms with Gasteiger partial charge in [-0.3, -0.25) is 0 Å². The molecule has 1 N–H and O–H groups in total. The number of furan rings is 1. The lowest BCUT2D eigenvalue weighted by molar-refractivity contribution is 0.0600. The summed E-state index contributed by atoms with van der Waals surface area (Å²) in [5.74, 6) is 0.260. The largest absolute Gasteiger partial charge is 0.465 e. The molecule has 1 aliphatic carbocycles. The summed E-state index contributed by atoms with van der Waals surface area (Å²) in [4.78, 5) is 11.7. The summed E-state index contributed by atoms with van der Waals surface area (Å²) in [6.45, 7) is 0. The van der Waals surface area contributed by atoms with E-state index in [0.717, 1.165) is 34.4 Å². The smallest absolute Gasteiger partial charge is 0.337 e. The van der Waals surface area contributed by atoms with Crippen LogP contribution in [-0.4, -0.2) is 24.3 Å². The first-order chi connectivity index (χ1) is 12.7. The summed E-state index contributed by atoms with van der Waals surface area (Å²) in [6, 6.07) is 17.2. The molecule has 2 aromatic carbocycles. The number of methoxy groups -OCH3 is 1. The van der Waals surface area contributed by atoms with Crippen molar-refractivity contribution >= 4 is 5.97 Å². The van der Waals surface area contributed by atoms with Crippen LogP contribution in [-0.2, 0) is 11.2 Å². The number of hydrogen-bond acceptors (Lipinski definition) is 4. The predicted octanol–water partition coefficient (Wildman–Crippen LogP) is 4.17. The minimum absolute atomic E-state index is 0.181. The molecule has 1 aromatic heterocycles. The highest BCUT2D eigenvalue weighted by atomic mass is 16.5. The first-order valence-corrected chi connectivity index (χ1v) is 8.71. The van der Waals surface area contributed by atoms with E-state index in [2.05, 4.69) is 0 Å². The van der Waals surface area contributed by atoms with Gasteiger partial charge < -0.3 is 14.3 Å². The second-order valence-electron chi connectivity index (χ2n) is 6.57. The highest BCUT2D eigenvalue weighted by Gasteiger charge is 2.34. The summed E-state index contributed by atoms with van der Waals surface area (Å²) < 4.78 is 10.7. The van der Waals surface area contributed by atoms with E-state index < -0.39 is 6.10 Å². The molecule has 4 nitrogen and oxygen atoms in total. The van der Waals surface area contributed by atoms with Crippen LogP contribution in [0, 0.1) is 0 Å². The molecular formula is C22H20O4. The normalized spacial score (nSPS) is 19.0. The number of ether oxygens (including phenoxy) is 1. The first-order valence-electron chi connectivity index (χ1n) is 8.71. The van der Waals surface area contributed by atoms with E-state index >= 15 is 0 Å². The van der Waals surface area contributed by atoms with Gasteiger partial charge in [0.1, 0.15) is 5.76 Å². The van der Waals surface area contributed by atoms with Crippen molar-refractivity contribution in [3.05, 3.63) is 83.1 Å². The fourth-order valence-electron chi connectivity index (χ4n) is 3.75. The third-order valence-corrected chi connectivity index (χ3v) is 5.04. The van der Waals surface area contributed by atoms with Gasteiger partial charge in [0, 0.05) is 17.0 Å². The van der Waals surface area contributed by atoms with Crippen molar-refractivity contribution in [1.82, 2.24) is 0 Å². The van der Waals surface area contributed by atoms with Gasteiger partial charge >= 0.3 is 5.97 Å². The Morgan fingerprint density at radius 2 is 1.85 bits per heavy atom. The molecule has 0 radical (unpaired) electrons. The van der Waals surface area contributed by atoms with Crippen molar-refractivity contribution in [3.8, 4) is 11.3 Å². The lowest BCUT2D eigenvalue weighted by Gasteiger charge is -2.29. The summed E-state index contributed by atoms with van der Waals surface area (Å²) >= 11 is 0. The van der Waals surface area contributed by atoms with Gasteiger partial charge in [-0.05, 0) is 36.1 Å².